The molecule has 186 valence electrons. The van der Waals surface area contributed by atoms with Gasteiger partial charge in [-0.25, -0.2) is 8.78 Å². The highest BCUT2D eigenvalue weighted by molar-refractivity contribution is 6.34. The van der Waals surface area contributed by atoms with E-state index >= 15 is 4.39 Å². The van der Waals surface area contributed by atoms with E-state index in [-0.39, 0.29) is 52.1 Å². The van der Waals surface area contributed by atoms with E-state index in [0.29, 0.717) is 29.9 Å². The molecule has 0 unspecified atom stereocenters. The van der Waals surface area contributed by atoms with E-state index in [2.05, 4.69) is 10.3 Å². The average Bonchev–Trinajstić information content (AvgIpc) is 3.68. The molecule has 3 aromatic rings. The molecule has 2 fully saturated rings. The highest BCUT2D eigenvalue weighted by Crippen LogP contribution is 2.47. The number of rotatable bonds is 2. The van der Waals surface area contributed by atoms with Crippen LogP contribution in [-0.4, -0.2) is 71.6 Å². The van der Waals surface area contributed by atoms with Gasteiger partial charge < -0.3 is 25.1 Å². The molecule has 3 aliphatic heterocycles. The van der Waals surface area contributed by atoms with Crippen LogP contribution >= 0.6 is 11.6 Å². The minimum atomic E-state index is -0.876. The SMILES string of the molecule is C[C@@H]1CN2c3c(cnc4c(F)c(-c5c(O)cccc5F)c(Cl)cc34)N(C)C(=O)[C@H]2CN1C(=O)[C@H]1CN1. The number of phenolic OH excluding ortho intramolecular Hbond substituents is 1. The van der Waals surface area contributed by atoms with Crippen LogP contribution < -0.4 is 15.1 Å². The van der Waals surface area contributed by atoms with Crippen LogP contribution in [0, 0.1) is 11.6 Å². The number of pyridine rings is 1. The number of hydrogen-bond acceptors (Lipinski definition) is 6. The number of nitrogens with one attached hydrogen (secondary N) is 1. The third-order valence-electron chi connectivity index (χ3n) is 7.24. The molecule has 36 heavy (non-hydrogen) atoms. The first-order valence-electron chi connectivity index (χ1n) is 11.6. The van der Waals surface area contributed by atoms with Crippen molar-refractivity contribution in [2.75, 3.05) is 36.5 Å². The average molecular weight is 514 g/mol. The molecule has 2 N–H and O–H groups in total. The Hall–Kier alpha value is -3.50. The Morgan fingerprint density at radius 2 is 2.00 bits per heavy atom. The van der Waals surface area contributed by atoms with Crippen molar-refractivity contribution in [1.82, 2.24) is 15.2 Å². The molecule has 0 aliphatic carbocycles. The maximum Gasteiger partial charge on any atom is 0.251 e. The Morgan fingerprint density at radius 3 is 2.69 bits per heavy atom. The Labute approximate surface area is 210 Å². The molecule has 3 aliphatic rings. The number of aromatic hydroxyl groups is 1. The fourth-order valence-corrected chi connectivity index (χ4v) is 5.58. The van der Waals surface area contributed by atoms with Crippen LogP contribution in [-0.2, 0) is 9.59 Å². The van der Waals surface area contributed by atoms with Gasteiger partial charge in [-0.2, -0.15) is 0 Å². The zero-order chi connectivity index (χ0) is 25.5. The highest BCUT2D eigenvalue weighted by Gasteiger charge is 2.46. The number of aromatic nitrogens is 1. The van der Waals surface area contributed by atoms with Crippen molar-refractivity contribution >= 4 is 45.7 Å². The molecule has 1 aromatic heterocycles. The standard InChI is InChI=1S/C25H22ClF2N5O3/c1-11-9-33-17(10-32(11)24(35)15-7-29-15)25(36)31(2)16-8-30-22-12(23(16)33)6-13(26)19(21(22)28)20-14(27)4-3-5-18(20)34/h3-6,8,11,15,17,29,34H,7,9-10H2,1-2H3/t11-,15-,17-/m1/s1. The lowest BCUT2D eigenvalue weighted by atomic mass is 9.96. The molecule has 8 nitrogen and oxygen atoms in total. The fraction of sp³-hybridized carbons (Fsp3) is 0.320. The highest BCUT2D eigenvalue weighted by atomic mass is 35.5. The van der Waals surface area contributed by atoms with Gasteiger partial charge in [-0.05, 0) is 25.1 Å². The van der Waals surface area contributed by atoms with Crippen LogP contribution in [0.25, 0.3) is 22.0 Å². The normalized spacial score (nSPS) is 23.1. The van der Waals surface area contributed by atoms with E-state index in [0.717, 1.165) is 6.07 Å². The first-order chi connectivity index (χ1) is 17.2. The minimum Gasteiger partial charge on any atom is -0.507 e. The van der Waals surface area contributed by atoms with Crippen LogP contribution in [0.15, 0.2) is 30.5 Å². The van der Waals surface area contributed by atoms with E-state index in [1.54, 1.807) is 11.9 Å². The van der Waals surface area contributed by atoms with Crippen LogP contribution in [0.2, 0.25) is 5.02 Å². The summed E-state index contributed by atoms with van der Waals surface area (Å²) in [5.41, 5.74) is 0.355. The molecule has 2 saturated heterocycles. The monoisotopic (exact) mass is 513 g/mol. The van der Waals surface area contributed by atoms with Crippen LogP contribution in [0.1, 0.15) is 6.92 Å². The van der Waals surface area contributed by atoms with Gasteiger partial charge in [0.2, 0.25) is 5.91 Å². The quantitative estimate of drug-likeness (QED) is 0.511. The zero-order valence-corrected chi connectivity index (χ0v) is 20.2. The molecule has 0 radical (unpaired) electrons. The first kappa shape index (κ1) is 22.9. The fourth-order valence-electron chi connectivity index (χ4n) is 5.29. The third-order valence-corrected chi connectivity index (χ3v) is 7.54. The number of amides is 2. The van der Waals surface area contributed by atoms with Gasteiger partial charge in [0.1, 0.15) is 23.1 Å². The van der Waals surface area contributed by atoms with Crippen LogP contribution in [0.4, 0.5) is 20.2 Å². The van der Waals surface area contributed by atoms with Crippen LogP contribution in [0.3, 0.4) is 0 Å². The van der Waals surface area contributed by atoms with E-state index in [4.69, 9.17) is 11.6 Å². The lowest BCUT2D eigenvalue weighted by Crippen LogP contribution is -2.66. The van der Waals surface area contributed by atoms with Crippen molar-refractivity contribution in [2.45, 2.75) is 25.0 Å². The number of phenols is 1. The number of benzene rings is 2. The van der Waals surface area contributed by atoms with Gasteiger partial charge >= 0.3 is 0 Å². The smallest absolute Gasteiger partial charge is 0.251 e. The Bertz CT molecular complexity index is 1440. The number of fused-ring (bicyclic) bond motifs is 5. The predicted octanol–water partition coefficient (Wildman–Crippen LogP) is 2.89. The Kier molecular flexibility index (Phi) is 5.10. The molecule has 0 saturated carbocycles. The van der Waals surface area contributed by atoms with Gasteiger partial charge in [-0.1, -0.05) is 17.7 Å². The van der Waals surface area contributed by atoms with E-state index < -0.39 is 23.4 Å². The number of halogens is 3. The number of carbonyl (C=O) groups is 2. The van der Waals surface area contributed by atoms with Crippen molar-refractivity contribution in [1.29, 1.82) is 0 Å². The molecule has 2 amide bonds. The van der Waals surface area contributed by atoms with Gasteiger partial charge in [0.05, 0.1) is 40.7 Å². The second-order valence-electron chi connectivity index (χ2n) is 9.44. The molecule has 2 aromatic carbocycles. The Balaban J connectivity index is 1.52. The first-order valence-corrected chi connectivity index (χ1v) is 11.9. The molecule has 6 rings (SSSR count). The van der Waals surface area contributed by atoms with Crippen LogP contribution in [0.5, 0.6) is 5.75 Å². The number of likely N-dealkylation sites (N-methyl/N-ethyl adjacent to an activating group) is 1. The lowest BCUT2D eigenvalue weighted by Gasteiger charge is -2.50. The van der Waals surface area contributed by atoms with Crippen molar-refractivity contribution in [3.8, 4) is 16.9 Å². The molecular weight excluding hydrogens is 492 g/mol. The molecule has 11 heteroatoms. The zero-order valence-electron chi connectivity index (χ0n) is 19.4. The van der Waals surface area contributed by atoms with Gasteiger partial charge in [0, 0.05) is 37.1 Å². The van der Waals surface area contributed by atoms with Gasteiger partial charge in [0.15, 0.2) is 5.82 Å². The predicted molar refractivity (Wildman–Crippen MR) is 131 cm³/mol. The van der Waals surface area contributed by atoms with Crippen molar-refractivity contribution in [3.05, 3.63) is 47.1 Å². The van der Waals surface area contributed by atoms with E-state index in [1.165, 1.54) is 29.3 Å². The molecular formula is C25H22ClF2N5O3. The number of nitrogens with zero attached hydrogens (tertiary/aromatic N) is 4. The minimum absolute atomic E-state index is 0.0357. The summed E-state index contributed by atoms with van der Waals surface area (Å²) in [5, 5.41) is 13.5. The molecule has 3 atom stereocenters. The van der Waals surface area contributed by atoms with E-state index in [1.807, 2.05) is 11.8 Å². The summed E-state index contributed by atoms with van der Waals surface area (Å²) >= 11 is 6.50. The maximum atomic E-state index is 15.9. The number of hydrogen-bond donors (Lipinski definition) is 2. The van der Waals surface area contributed by atoms with Crippen molar-refractivity contribution in [3.63, 3.8) is 0 Å². The van der Waals surface area contributed by atoms with Gasteiger partial charge in [-0.3, -0.25) is 14.6 Å². The molecule has 0 spiro atoms. The second kappa shape index (κ2) is 8.01. The van der Waals surface area contributed by atoms with Crippen molar-refractivity contribution in [2.24, 2.45) is 0 Å². The maximum absolute atomic E-state index is 15.9. The summed E-state index contributed by atoms with van der Waals surface area (Å²) in [5.74, 6) is -2.38. The summed E-state index contributed by atoms with van der Waals surface area (Å²) in [6.45, 7) is 3.09. The summed E-state index contributed by atoms with van der Waals surface area (Å²) in [6, 6.07) is 4.09. The summed E-state index contributed by atoms with van der Waals surface area (Å²) in [7, 11) is 1.61. The Morgan fingerprint density at radius 1 is 1.25 bits per heavy atom. The summed E-state index contributed by atoms with van der Waals surface area (Å²) in [4.78, 5) is 35.4. The lowest BCUT2D eigenvalue weighted by molar-refractivity contribution is -0.134. The topological polar surface area (TPSA) is 98.9 Å². The number of piperazine rings is 1. The third kappa shape index (κ3) is 3.24. The number of carbonyl (C=O) groups excluding carboxylic acids is 2. The number of anilines is 2. The van der Waals surface area contributed by atoms with Gasteiger partial charge in [-0.15, -0.1) is 0 Å². The summed E-state index contributed by atoms with van der Waals surface area (Å²) in [6.07, 6.45) is 1.41. The van der Waals surface area contributed by atoms with E-state index in [9.17, 15) is 19.1 Å². The molecule has 4 heterocycles. The van der Waals surface area contributed by atoms with Gasteiger partial charge in [0.25, 0.3) is 5.91 Å². The largest absolute Gasteiger partial charge is 0.507 e. The molecule has 0 bridgehead atoms. The second-order valence-corrected chi connectivity index (χ2v) is 9.84. The summed E-state index contributed by atoms with van der Waals surface area (Å²) < 4.78 is 30.5. The van der Waals surface area contributed by atoms with Crippen molar-refractivity contribution < 1.29 is 23.5 Å².